The lowest BCUT2D eigenvalue weighted by Crippen LogP contribution is -2.56. The van der Waals surface area contributed by atoms with Crippen molar-refractivity contribution >= 4 is 12.0 Å². The first-order valence-electron chi connectivity index (χ1n) is 5.59. The average molecular weight is 242 g/mol. The number of ether oxygens (including phenoxy) is 1. The number of likely N-dealkylation sites (tertiary alicyclic amines) is 1. The van der Waals surface area contributed by atoms with Crippen molar-refractivity contribution in [3.8, 4) is 0 Å². The van der Waals surface area contributed by atoms with Crippen LogP contribution in [0.15, 0.2) is 12.7 Å². The van der Waals surface area contributed by atoms with Gasteiger partial charge in [0.25, 0.3) is 0 Å². The Hall–Kier alpha value is -1.56. The molecule has 0 saturated carbocycles. The van der Waals surface area contributed by atoms with Crippen molar-refractivity contribution in [2.24, 2.45) is 5.92 Å². The van der Waals surface area contributed by atoms with E-state index in [2.05, 4.69) is 11.9 Å². The number of nitrogens with one attached hydrogen (secondary N) is 1. The number of carboxylic acids is 1. The van der Waals surface area contributed by atoms with Crippen molar-refractivity contribution in [1.29, 1.82) is 0 Å². The van der Waals surface area contributed by atoms with Crippen molar-refractivity contribution in [2.75, 3.05) is 32.8 Å². The van der Waals surface area contributed by atoms with E-state index in [4.69, 9.17) is 9.84 Å². The minimum atomic E-state index is -0.846. The number of rotatable bonds is 7. The van der Waals surface area contributed by atoms with Crippen molar-refractivity contribution < 1.29 is 19.4 Å². The van der Waals surface area contributed by atoms with Gasteiger partial charge in [-0.2, -0.15) is 0 Å². The number of carbonyl (C=O) groups excluding carboxylic acids is 1. The average Bonchev–Trinajstić information content (AvgIpc) is 2.20. The molecule has 0 bridgehead atoms. The predicted octanol–water partition coefficient (Wildman–Crippen LogP) is 0.305. The summed E-state index contributed by atoms with van der Waals surface area (Å²) < 4.78 is 5.22. The van der Waals surface area contributed by atoms with E-state index in [-0.39, 0.29) is 6.03 Å². The topological polar surface area (TPSA) is 78.9 Å². The van der Waals surface area contributed by atoms with Gasteiger partial charge in [-0.3, -0.25) is 4.79 Å². The first kappa shape index (κ1) is 13.5. The van der Waals surface area contributed by atoms with E-state index in [1.54, 1.807) is 6.08 Å². The van der Waals surface area contributed by atoms with Crippen molar-refractivity contribution in [1.82, 2.24) is 10.2 Å². The number of carboxylic acid groups (broad SMARTS) is 1. The van der Waals surface area contributed by atoms with Gasteiger partial charge >= 0.3 is 12.0 Å². The summed E-state index contributed by atoms with van der Waals surface area (Å²) in [6.45, 7) is 5.64. The van der Waals surface area contributed by atoms with Crippen LogP contribution in [0, 0.1) is 5.92 Å². The molecule has 1 saturated heterocycles. The Morgan fingerprint density at radius 2 is 2.18 bits per heavy atom. The molecule has 0 radical (unpaired) electrons. The van der Waals surface area contributed by atoms with Crippen LogP contribution in [0.5, 0.6) is 0 Å². The molecule has 0 aliphatic carbocycles. The van der Waals surface area contributed by atoms with Crippen molar-refractivity contribution in [3.05, 3.63) is 12.7 Å². The third kappa shape index (κ3) is 4.44. The highest BCUT2D eigenvalue weighted by Crippen LogP contribution is 2.14. The lowest BCUT2D eigenvalue weighted by molar-refractivity contribution is -0.146. The van der Waals surface area contributed by atoms with E-state index in [9.17, 15) is 9.59 Å². The maximum Gasteiger partial charge on any atom is 0.317 e. The van der Waals surface area contributed by atoms with Crippen molar-refractivity contribution in [3.63, 3.8) is 0 Å². The van der Waals surface area contributed by atoms with Crippen LogP contribution in [0.1, 0.15) is 6.42 Å². The van der Waals surface area contributed by atoms with E-state index in [0.29, 0.717) is 32.8 Å². The number of hydrogen-bond acceptors (Lipinski definition) is 3. The SMILES string of the molecule is C=CCCOCCNC(=O)N1CC(C(=O)O)C1. The first-order valence-corrected chi connectivity index (χ1v) is 5.59. The zero-order valence-corrected chi connectivity index (χ0v) is 9.72. The fourth-order valence-electron chi connectivity index (χ4n) is 1.41. The van der Waals surface area contributed by atoms with E-state index in [0.717, 1.165) is 6.42 Å². The minimum absolute atomic E-state index is 0.227. The van der Waals surface area contributed by atoms with Crippen LogP contribution in [0.4, 0.5) is 4.79 Å². The van der Waals surface area contributed by atoms with E-state index >= 15 is 0 Å². The molecule has 1 fully saturated rings. The molecule has 6 nitrogen and oxygen atoms in total. The molecular formula is C11H18N2O4. The smallest absolute Gasteiger partial charge is 0.317 e. The van der Waals surface area contributed by atoms with Crippen LogP contribution in [0.25, 0.3) is 0 Å². The molecule has 2 amide bonds. The van der Waals surface area contributed by atoms with Gasteiger partial charge in [-0.15, -0.1) is 6.58 Å². The quantitative estimate of drug-likeness (QED) is 0.497. The maximum atomic E-state index is 11.4. The Kier molecular flexibility index (Phi) is 5.48. The lowest BCUT2D eigenvalue weighted by atomic mass is 10.0. The van der Waals surface area contributed by atoms with Gasteiger partial charge in [0.1, 0.15) is 0 Å². The summed E-state index contributed by atoms with van der Waals surface area (Å²) in [6, 6.07) is -0.227. The minimum Gasteiger partial charge on any atom is -0.481 e. The number of urea groups is 1. The van der Waals surface area contributed by atoms with Crippen LogP contribution in [0.2, 0.25) is 0 Å². The molecule has 0 atom stereocenters. The Balaban J connectivity index is 1.99. The van der Waals surface area contributed by atoms with Gasteiger partial charge in [0.15, 0.2) is 0 Å². The normalized spacial score (nSPS) is 15.2. The zero-order chi connectivity index (χ0) is 12.7. The standard InChI is InChI=1S/C11H18N2O4/c1-2-3-5-17-6-4-12-11(16)13-7-9(8-13)10(14)15/h2,9H,1,3-8H2,(H,12,16)(H,14,15). The molecular weight excluding hydrogens is 224 g/mol. The van der Waals surface area contributed by atoms with Crippen molar-refractivity contribution in [2.45, 2.75) is 6.42 Å². The number of nitrogens with zero attached hydrogens (tertiary/aromatic N) is 1. The molecule has 1 rings (SSSR count). The molecule has 96 valence electrons. The predicted molar refractivity (Wildman–Crippen MR) is 61.7 cm³/mol. The van der Waals surface area contributed by atoms with Gasteiger partial charge in [-0.25, -0.2) is 4.79 Å². The number of aliphatic carboxylic acids is 1. The van der Waals surface area contributed by atoms with Crippen LogP contribution in [-0.4, -0.2) is 54.9 Å². The number of hydrogen-bond donors (Lipinski definition) is 2. The molecule has 0 spiro atoms. The first-order chi connectivity index (χ1) is 8.15. The van der Waals surface area contributed by atoms with E-state index in [1.165, 1.54) is 4.90 Å². The van der Waals surface area contributed by atoms with Crippen LogP contribution in [0.3, 0.4) is 0 Å². The Morgan fingerprint density at radius 1 is 1.47 bits per heavy atom. The Morgan fingerprint density at radius 3 is 2.76 bits per heavy atom. The van der Waals surface area contributed by atoms with Gasteiger partial charge in [0.2, 0.25) is 0 Å². The van der Waals surface area contributed by atoms with Crippen LogP contribution in [-0.2, 0) is 9.53 Å². The molecule has 2 N–H and O–H groups in total. The molecule has 17 heavy (non-hydrogen) atoms. The summed E-state index contributed by atoms with van der Waals surface area (Å²) in [5.74, 6) is -1.26. The van der Waals surface area contributed by atoms with Gasteiger partial charge in [0.05, 0.1) is 19.1 Å². The highest BCUT2D eigenvalue weighted by Gasteiger charge is 2.35. The zero-order valence-electron chi connectivity index (χ0n) is 9.72. The molecule has 1 aliphatic rings. The summed E-state index contributed by atoms with van der Waals surface area (Å²) >= 11 is 0. The van der Waals surface area contributed by atoms with Crippen LogP contribution < -0.4 is 5.32 Å². The van der Waals surface area contributed by atoms with Crippen LogP contribution >= 0.6 is 0 Å². The summed E-state index contributed by atoms with van der Waals surface area (Å²) in [4.78, 5) is 23.4. The summed E-state index contributed by atoms with van der Waals surface area (Å²) in [7, 11) is 0. The molecule has 1 heterocycles. The summed E-state index contributed by atoms with van der Waals surface area (Å²) in [5.41, 5.74) is 0. The summed E-state index contributed by atoms with van der Waals surface area (Å²) in [5, 5.41) is 11.3. The Labute approximate surface area is 100 Å². The van der Waals surface area contributed by atoms with Gasteiger partial charge in [-0.1, -0.05) is 6.08 Å². The highest BCUT2D eigenvalue weighted by atomic mass is 16.5. The second-order valence-electron chi connectivity index (χ2n) is 3.86. The van der Waals surface area contributed by atoms with Gasteiger partial charge < -0.3 is 20.1 Å². The largest absolute Gasteiger partial charge is 0.481 e. The van der Waals surface area contributed by atoms with Gasteiger partial charge in [0, 0.05) is 19.6 Å². The van der Waals surface area contributed by atoms with E-state index in [1.807, 2.05) is 0 Å². The molecule has 0 aromatic rings. The second-order valence-corrected chi connectivity index (χ2v) is 3.86. The molecule has 0 unspecified atom stereocenters. The monoisotopic (exact) mass is 242 g/mol. The number of amides is 2. The Bertz CT molecular complexity index is 287. The second kappa shape index (κ2) is 6.90. The summed E-state index contributed by atoms with van der Waals surface area (Å²) in [6.07, 6.45) is 2.56. The molecule has 0 aromatic heterocycles. The van der Waals surface area contributed by atoms with Gasteiger partial charge in [-0.05, 0) is 6.42 Å². The third-order valence-corrected chi connectivity index (χ3v) is 2.51. The fourth-order valence-corrected chi connectivity index (χ4v) is 1.41. The van der Waals surface area contributed by atoms with E-state index < -0.39 is 11.9 Å². The third-order valence-electron chi connectivity index (χ3n) is 2.51. The highest BCUT2D eigenvalue weighted by molar-refractivity contribution is 5.79. The number of carbonyl (C=O) groups is 2. The lowest BCUT2D eigenvalue weighted by Gasteiger charge is -2.36. The molecule has 0 aromatic carbocycles. The fraction of sp³-hybridized carbons (Fsp3) is 0.636. The molecule has 1 aliphatic heterocycles. The maximum absolute atomic E-state index is 11.4. The molecule has 6 heteroatoms.